The largest absolute Gasteiger partial charge is 0.417 e. The maximum Gasteiger partial charge on any atom is 0.417 e. The Balaban J connectivity index is 1.54. The van der Waals surface area contributed by atoms with Gasteiger partial charge in [0.25, 0.3) is 0 Å². The molecule has 156 valence electrons. The fourth-order valence-corrected chi connectivity index (χ4v) is 3.32. The molecular formula is C21H25F3N4O. The Morgan fingerprint density at radius 1 is 1.07 bits per heavy atom. The van der Waals surface area contributed by atoms with E-state index in [1.807, 2.05) is 36.9 Å². The van der Waals surface area contributed by atoms with Crippen molar-refractivity contribution in [2.45, 2.75) is 26.4 Å². The van der Waals surface area contributed by atoms with Crippen molar-refractivity contribution in [1.82, 2.24) is 9.88 Å². The number of aryl methyl sites for hydroxylation is 2. The van der Waals surface area contributed by atoms with Crippen LogP contribution >= 0.6 is 0 Å². The molecule has 29 heavy (non-hydrogen) atoms. The second-order valence-electron chi connectivity index (χ2n) is 7.37. The molecule has 0 saturated carbocycles. The van der Waals surface area contributed by atoms with Gasteiger partial charge in [-0.15, -0.1) is 0 Å². The minimum Gasteiger partial charge on any atom is -0.355 e. The first-order valence-electron chi connectivity index (χ1n) is 9.60. The lowest BCUT2D eigenvalue weighted by atomic mass is 10.1. The van der Waals surface area contributed by atoms with Gasteiger partial charge >= 0.3 is 6.18 Å². The quantitative estimate of drug-likeness (QED) is 0.838. The van der Waals surface area contributed by atoms with Gasteiger partial charge in [0.15, 0.2) is 0 Å². The number of nitrogens with one attached hydrogen (secondary N) is 1. The number of anilines is 2. The lowest BCUT2D eigenvalue weighted by Gasteiger charge is -2.23. The van der Waals surface area contributed by atoms with Crippen molar-refractivity contribution in [3.8, 4) is 0 Å². The second-order valence-corrected chi connectivity index (χ2v) is 7.37. The number of carbonyl (C=O) groups is 1. The van der Waals surface area contributed by atoms with Gasteiger partial charge in [-0.1, -0.05) is 6.07 Å². The summed E-state index contributed by atoms with van der Waals surface area (Å²) >= 11 is 0. The lowest BCUT2D eigenvalue weighted by Crippen LogP contribution is -2.36. The van der Waals surface area contributed by atoms with Crippen LogP contribution in [0, 0.1) is 13.8 Å². The van der Waals surface area contributed by atoms with Crippen molar-refractivity contribution in [1.29, 1.82) is 0 Å². The lowest BCUT2D eigenvalue weighted by molar-refractivity contribution is -0.137. The van der Waals surface area contributed by atoms with Crippen molar-refractivity contribution in [3.05, 3.63) is 53.2 Å². The molecule has 1 aliphatic heterocycles. The summed E-state index contributed by atoms with van der Waals surface area (Å²) in [5.41, 5.74) is 2.33. The van der Waals surface area contributed by atoms with E-state index in [1.54, 1.807) is 0 Å². The van der Waals surface area contributed by atoms with Gasteiger partial charge < -0.3 is 10.2 Å². The van der Waals surface area contributed by atoms with Gasteiger partial charge in [0, 0.05) is 38.1 Å². The zero-order valence-corrected chi connectivity index (χ0v) is 16.6. The molecule has 1 saturated heterocycles. The Morgan fingerprint density at radius 2 is 1.86 bits per heavy atom. The number of rotatable bonds is 4. The number of amides is 1. The van der Waals surface area contributed by atoms with Crippen LogP contribution < -0.4 is 10.2 Å². The highest BCUT2D eigenvalue weighted by Gasteiger charge is 2.31. The van der Waals surface area contributed by atoms with Crippen LogP contribution in [0.15, 0.2) is 36.5 Å². The first kappa shape index (κ1) is 21.1. The van der Waals surface area contributed by atoms with Crippen LogP contribution in [-0.2, 0) is 11.0 Å². The number of hydrogen-bond acceptors (Lipinski definition) is 4. The third kappa shape index (κ3) is 5.69. The van der Waals surface area contributed by atoms with E-state index in [1.165, 1.54) is 11.6 Å². The zero-order valence-electron chi connectivity index (χ0n) is 16.6. The van der Waals surface area contributed by atoms with E-state index < -0.39 is 11.7 Å². The van der Waals surface area contributed by atoms with Crippen LogP contribution in [0.4, 0.5) is 24.7 Å². The molecule has 0 atom stereocenters. The molecule has 8 heteroatoms. The molecule has 0 spiro atoms. The molecule has 0 unspecified atom stereocenters. The molecule has 1 N–H and O–H groups in total. The first-order valence-corrected chi connectivity index (χ1v) is 9.60. The number of nitrogens with zero attached hydrogens (tertiary/aromatic N) is 3. The smallest absolute Gasteiger partial charge is 0.355 e. The summed E-state index contributed by atoms with van der Waals surface area (Å²) in [5, 5.41) is 2.93. The molecule has 1 aromatic carbocycles. The molecule has 0 aliphatic carbocycles. The van der Waals surface area contributed by atoms with E-state index >= 15 is 0 Å². The van der Waals surface area contributed by atoms with E-state index in [2.05, 4.69) is 15.2 Å². The highest BCUT2D eigenvalue weighted by atomic mass is 19.4. The maximum atomic E-state index is 12.7. The average molecular weight is 406 g/mol. The van der Waals surface area contributed by atoms with Gasteiger partial charge in [0.2, 0.25) is 5.91 Å². The number of benzene rings is 1. The predicted octanol–water partition coefficient (Wildman–Crippen LogP) is 3.87. The van der Waals surface area contributed by atoms with E-state index in [-0.39, 0.29) is 12.5 Å². The number of pyridine rings is 1. The fraction of sp³-hybridized carbons (Fsp3) is 0.429. The average Bonchev–Trinajstić information content (AvgIpc) is 2.90. The van der Waals surface area contributed by atoms with Crippen LogP contribution in [-0.4, -0.2) is 48.5 Å². The van der Waals surface area contributed by atoms with Crippen LogP contribution in [0.1, 0.15) is 23.1 Å². The number of halogens is 3. The third-order valence-corrected chi connectivity index (χ3v) is 5.15. The first-order chi connectivity index (χ1) is 13.7. The molecule has 0 radical (unpaired) electrons. The van der Waals surface area contributed by atoms with Crippen LogP contribution in [0.5, 0.6) is 0 Å². The van der Waals surface area contributed by atoms with E-state index in [4.69, 9.17) is 0 Å². The topological polar surface area (TPSA) is 48.5 Å². The minimum absolute atomic E-state index is 0.0747. The summed E-state index contributed by atoms with van der Waals surface area (Å²) in [4.78, 5) is 20.4. The Morgan fingerprint density at radius 3 is 2.52 bits per heavy atom. The normalized spacial score (nSPS) is 15.8. The summed E-state index contributed by atoms with van der Waals surface area (Å²) in [6, 6.07) is 8.28. The SMILES string of the molecule is Cc1ccc(NC(=O)CN2CCCN(c3ccc(C(F)(F)F)cn3)CC2)cc1C. The van der Waals surface area contributed by atoms with Crippen molar-refractivity contribution in [2.24, 2.45) is 0 Å². The molecule has 5 nitrogen and oxygen atoms in total. The van der Waals surface area contributed by atoms with Crippen molar-refractivity contribution in [2.75, 3.05) is 42.9 Å². The van der Waals surface area contributed by atoms with Crippen molar-refractivity contribution < 1.29 is 18.0 Å². The Bertz CT molecular complexity index is 852. The molecule has 2 heterocycles. The Labute approximate surface area is 168 Å². The van der Waals surface area contributed by atoms with Crippen LogP contribution in [0.2, 0.25) is 0 Å². The zero-order chi connectivity index (χ0) is 21.0. The summed E-state index contributed by atoms with van der Waals surface area (Å²) in [7, 11) is 0. The van der Waals surface area contributed by atoms with Crippen LogP contribution in [0.25, 0.3) is 0 Å². The number of aromatic nitrogens is 1. The standard InChI is InChI=1S/C21H25F3N4O/c1-15-4-6-18(12-16(15)2)26-20(29)14-27-8-3-9-28(11-10-27)19-7-5-17(13-25-19)21(22,23)24/h4-7,12-13H,3,8-11,14H2,1-2H3,(H,26,29). The summed E-state index contributed by atoms with van der Waals surface area (Å²) in [6.07, 6.45) is -2.71. The molecule has 1 aliphatic rings. The van der Waals surface area contributed by atoms with Gasteiger partial charge in [-0.05, 0) is 55.7 Å². The summed E-state index contributed by atoms with van der Waals surface area (Å²) < 4.78 is 38.1. The highest BCUT2D eigenvalue weighted by molar-refractivity contribution is 5.92. The summed E-state index contributed by atoms with van der Waals surface area (Å²) in [6.45, 7) is 6.99. The Hall–Kier alpha value is -2.61. The monoisotopic (exact) mass is 406 g/mol. The van der Waals surface area contributed by atoms with Crippen molar-refractivity contribution >= 4 is 17.4 Å². The summed E-state index contributed by atoms with van der Waals surface area (Å²) in [5.74, 6) is 0.453. The molecule has 1 amide bonds. The predicted molar refractivity (Wildman–Crippen MR) is 107 cm³/mol. The second kappa shape index (κ2) is 8.82. The number of hydrogen-bond donors (Lipinski definition) is 1. The van der Waals surface area contributed by atoms with Crippen LogP contribution in [0.3, 0.4) is 0 Å². The van der Waals surface area contributed by atoms with Gasteiger partial charge in [-0.2, -0.15) is 13.2 Å². The van der Waals surface area contributed by atoms with E-state index in [0.29, 0.717) is 25.5 Å². The highest BCUT2D eigenvalue weighted by Crippen LogP contribution is 2.29. The molecular weight excluding hydrogens is 381 g/mol. The van der Waals surface area contributed by atoms with Gasteiger partial charge in [0.05, 0.1) is 12.1 Å². The van der Waals surface area contributed by atoms with E-state index in [9.17, 15) is 18.0 Å². The molecule has 2 aromatic rings. The molecule has 1 aromatic heterocycles. The van der Waals surface area contributed by atoms with Crippen molar-refractivity contribution in [3.63, 3.8) is 0 Å². The number of carbonyl (C=O) groups excluding carboxylic acids is 1. The molecule has 3 rings (SSSR count). The Kier molecular flexibility index (Phi) is 6.42. The van der Waals surface area contributed by atoms with E-state index in [0.717, 1.165) is 36.5 Å². The number of alkyl halides is 3. The third-order valence-electron chi connectivity index (χ3n) is 5.15. The molecule has 0 bridgehead atoms. The molecule has 1 fully saturated rings. The van der Waals surface area contributed by atoms with Gasteiger partial charge in [0.1, 0.15) is 5.82 Å². The minimum atomic E-state index is -4.38. The maximum absolute atomic E-state index is 12.7. The fourth-order valence-electron chi connectivity index (χ4n) is 3.32. The van der Waals surface area contributed by atoms with Gasteiger partial charge in [-0.25, -0.2) is 4.98 Å². The van der Waals surface area contributed by atoms with Gasteiger partial charge in [-0.3, -0.25) is 9.69 Å².